The first kappa shape index (κ1) is 10.5. The highest BCUT2D eigenvalue weighted by atomic mass is 16.5. The number of aliphatic hydroxyl groups is 1. The fourth-order valence-electron chi connectivity index (χ4n) is 2.99. The minimum atomic E-state index is 0.145. The third-order valence-electron chi connectivity index (χ3n) is 3.91. The minimum absolute atomic E-state index is 0.145. The lowest BCUT2D eigenvalue weighted by molar-refractivity contribution is 0.315. The van der Waals surface area contributed by atoms with Crippen molar-refractivity contribution in [3.05, 3.63) is 47.7 Å². The molecule has 0 aliphatic heterocycles. The smallest absolute Gasteiger partial charge is 0.119 e. The molecule has 0 heterocycles. The zero-order chi connectivity index (χ0) is 12.0. The van der Waals surface area contributed by atoms with Gasteiger partial charge in [-0.25, -0.2) is 0 Å². The predicted octanol–water partition coefficient (Wildman–Crippen LogP) is 3.66. The van der Waals surface area contributed by atoms with E-state index >= 15 is 0 Å². The molecule has 0 atom stereocenters. The van der Waals surface area contributed by atoms with Gasteiger partial charge < -0.3 is 9.84 Å². The normalized spacial score (nSPS) is 27.2. The molecule has 0 unspecified atom stereocenters. The molecule has 1 aromatic rings. The van der Waals surface area contributed by atoms with E-state index in [1.165, 1.54) is 29.5 Å². The molecular formula is C15H16O2. The Bertz CT molecular complexity index is 508. The summed E-state index contributed by atoms with van der Waals surface area (Å²) in [6, 6.07) is 6.21. The summed E-state index contributed by atoms with van der Waals surface area (Å²) in [5, 5.41) is 9.37. The van der Waals surface area contributed by atoms with E-state index in [4.69, 9.17) is 4.74 Å². The number of aliphatic hydroxyl groups excluding tert-OH is 1. The molecule has 1 N–H and O–H groups in total. The summed E-state index contributed by atoms with van der Waals surface area (Å²) in [6.45, 7) is 3.56. The zero-order valence-corrected chi connectivity index (χ0v) is 9.94. The second-order valence-electron chi connectivity index (χ2n) is 4.91. The molecule has 1 aromatic carbocycles. The Labute approximate surface area is 101 Å². The second-order valence-corrected chi connectivity index (χ2v) is 4.91. The number of hydrogen-bond acceptors (Lipinski definition) is 2. The van der Waals surface area contributed by atoms with Crippen molar-refractivity contribution in [2.45, 2.75) is 18.8 Å². The van der Waals surface area contributed by atoms with E-state index in [0.29, 0.717) is 11.8 Å². The van der Waals surface area contributed by atoms with Gasteiger partial charge in [-0.3, -0.25) is 0 Å². The van der Waals surface area contributed by atoms with Crippen LogP contribution in [0, 0.1) is 5.92 Å². The quantitative estimate of drug-likeness (QED) is 0.783. The Morgan fingerprint density at radius 3 is 2.82 bits per heavy atom. The third-order valence-corrected chi connectivity index (χ3v) is 3.91. The minimum Gasteiger partial charge on any atom is -0.509 e. The first-order chi connectivity index (χ1) is 8.19. The molecule has 1 saturated carbocycles. The Balaban J connectivity index is 2.11. The van der Waals surface area contributed by atoms with Crippen LogP contribution < -0.4 is 4.74 Å². The highest BCUT2D eigenvalue weighted by Crippen LogP contribution is 2.56. The molecule has 0 radical (unpaired) electrons. The van der Waals surface area contributed by atoms with Crippen molar-refractivity contribution < 1.29 is 9.84 Å². The van der Waals surface area contributed by atoms with Gasteiger partial charge in [-0.1, -0.05) is 12.6 Å². The molecule has 0 amide bonds. The average Bonchev–Trinajstić information content (AvgIpc) is 2.25. The van der Waals surface area contributed by atoms with E-state index in [-0.39, 0.29) is 5.76 Å². The number of allylic oxidation sites excluding steroid dienone is 2. The van der Waals surface area contributed by atoms with E-state index in [2.05, 4.69) is 18.7 Å². The SMILES string of the molecule is C=C(O)/C=C1/c2ccc(OC)cc2C2CC1C2. The molecule has 3 aliphatic carbocycles. The summed E-state index contributed by atoms with van der Waals surface area (Å²) in [7, 11) is 1.69. The van der Waals surface area contributed by atoms with E-state index in [0.717, 1.165) is 5.75 Å². The Hall–Kier alpha value is -1.70. The highest BCUT2D eigenvalue weighted by molar-refractivity contribution is 5.77. The van der Waals surface area contributed by atoms with Gasteiger partial charge in [-0.05, 0) is 59.6 Å². The van der Waals surface area contributed by atoms with Crippen molar-refractivity contribution >= 4 is 5.57 Å². The zero-order valence-electron chi connectivity index (χ0n) is 9.94. The molecule has 2 bridgehead atoms. The fourth-order valence-corrected chi connectivity index (χ4v) is 2.99. The van der Waals surface area contributed by atoms with Crippen LogP contribution in [-0.4, -0.2) is 12.2 Å². The first-order valence-electron chi connectivity index (χ1n) is 5.97. The molecule has 0 spiro atoms. The van der Waals surface area contributed by atoms with Gasteiger partial charge in [0.15, 0.2) is 0 Å². The highest BCUT2D eigenvalue weighted by Gasteiger charge is 2.40. The maximum Gasteiger partial charge on any atom is 0.119 e. The van der Waals surface area contributed by atoms with Crippen LogP contribution in [0.3, 0.4) is 0 Å². The van der Waals surface area contributed by atoms with Gasteiger partial charge in [-0.2, -0.15) is 0 Å². The van der Waals surface area contributed by atoms with Crippen LogP contribution in [0.1, 0.15) is 29.9 Å². The Kier molecular flexibility index (Phi) is 2.25. The van der Waals surface area contributed by atoms with Crippen LogP contribution in [0.15, 0.2) is 36.6 Å². The van der Waals surface area contributed by atoms with Crippen molar-refractivity contribution in [1.29, 1.82) is 0 Å². The maximum atomic E-state index is 9.37. The Morgan fingerprint density at radius 1 is 1.41 bits per heavy atom. The lowest BCUT2D eigenvalue weighted by Crippen LogP contribution is -2.29. The Morgan fingerprint density at radius 2 is 2.18 bits per heavy atom. The molecule has 1 fully saturated rings. The van der Waals surface area contributed by atoms with Gasteiger partial charge in [0.25, 0.3) is 0 Å². The van der Waals surface area contributed by atoms with E-state index in [1.807, 2.05) is 12.1 Å². The number of rotatable bonds is 2. The fraction of sp³-hybridized carbons (Fsp3) is 0.333. The summed E-state index contributed by atoms with van der Waals surface area (Å²) < 4.78 is 5.28. The number of ether oxygens (including phenoxy) is 1. The van der Waals surface area contributed by atoms with Crippen LogP contribution in [0.25, 0.3) is 5.57 Å². The van der Waals surface area contributed by atoms with Crippen molar-refractivity contribution in [3.63, 3.8) is 0 Å². The van der Waals surface area contributed by atoms with Gasteiger partial charge >= 0.3 is 0 Å². The van der Waals surface area contributed by atoms with Crippen LogP contribution >= 0.6 is 0 Å². The second kappa shape index (κ2) is 3.66. The third kappa shape index (κ3) is 1.55. The van der Waals surface area contributed by atoms with Crippen LogP contribution in [0.4, 0.5) is 0 Å². The predicted molar refractivity (Wildman–Crippen MR) is 68.2 cm³/mol. The first-order valence-corrected chi connectivity index (χ1v) is 5.97. The monoisotopic (exact) mass is 228 g/mol. The van der Waals surface area contributed by atoms with E-state index in [1.54, 1.807) is 7.11 Å². The van der Waals surface area contributed by atoms with Crippen molar-refractivity contribution in [3.8, 4) is 5.75 Å². The number of benzene rings is 1. The summed E-state index contributed by atoms with van der Waals surface area (Å²) in [6.07, 6.45) is 4.20. The average molecular weight is 228 g/mol. The summed E-state index contributed by atoms with van der Waals surface area (Å²) in [5.41, 5.74) is 3.85. The van der Waals surface area contributed by atoms with Gasteiger partial charge in [-0.15, -0.1) is 0 Å². The topological polar surface area (TPSA) is 29.5 Å². The van der Waals surface area contributed by atoms with Gasteiger partial charge in [0.05, 0.1) is 7.11 Å². The molecule has 4 rings (SSSR count). The maximum absolute atomic E-state index is 9.37. The number of methoxy groups -OCH3 is 1. The molecule has 3 aliphatic rings. The lowest BCUT2D eigenvalue weighted by Gasteiger charge is -2.44. The van der Waals surface area contributed by atoms with E-state index in [9.17, 15) is 5.11 Å². The van der Waals surface area contributed by atoms with Crippen LogP contribution in [0.2, 0.25) is 0 Å². The van der Waals surface area contributed by atoms with E-state index < -0.39 is 0 Å². The van der Waals surface area contributed by atoms with Gasteiger partial charge in [0.2, 0.25) is 0 Å². The standard InChI is InChI=1S/C15H16O2/c1-9(16)5-14-10-6-11(7-10)15-8-12(17-2)3-4-13(14)15/h3-5,8,10-11,16H,1,6-7H2,2H3/b14-5+. The molecule has 88 valence electrons. The molecular weight excluding hydrogens is 212 g/mol. The number of hydrogen-bond donors (Lipinski definition) is 1. The molecule has 0 aromatic heterocycles. The van der Waals surface area contributed by atoms with Crippen molar-refractivity contribution in [2.75, 3.05) is 7.11 Å². The summed E-state index contributed by atoms with van der Waals surface area (Å²) in [4.78, 5) is 0. The van der Waals surface area contributed by atoms with Crippen molar-refractivity contribution in [2.24, 2.45) is 5.92 Å². The summed E-state index contributed by atoms with van der Waals surface area (Å²) >= 11 is 0. The molecule has 17 heavy (non-hydrogen) atoms. The van der Waals surface area contributed by atoms with Crippen LogP contribution in [0.5, 0.6) is 5.75 Å². The lowest BCUT2D eigenvalue weighted by atomic mass is 9.60. The van der Waals surface area contributed by atoms with Crippen molar-refractivity contribution in [1.82, 2.24) is 0 Å². The van der Waals surface area contributed by atoms with Gasteiger partial charge in [0, 0.05) is 0 Å². The van der Waals surface area contributed by atoms with Gasteiger partial charge in [0.1, 0.15) is 11.5 Å². The molecule has 0 saturated heterocycles. The summed E-state index contributed by atoms with van der Waals surface area (Å²) in [5.74, 6) is 2.34. The molecule has 2 heteroatoms. The largest absolute Gasteiger partial charge is 0.509 e. The van der Waals surface area contributed by atoms with Crippen LogP contribution in [-0.2, 0) is 0 Å². The molecule has 2 nitrogen and oxygen atoms in total.